The average molecular weight is 351 g/mol. The lowest BCUT2D eigenvalue weighted by atomic mass is 10.1. The minimum atomic E-state index is -0.398. The lowest BCUT2D eigenvalue weighted by Gasteiger charge is -2.05. The average Bonchev–Trinajstić information content (AvgIpc) is 3.30. The molecule has 0 saturated carbocycles. The number of carbonyl (C=O) groups excluding carboxylic acids is 1. The molecule has 132 valence electrons. The van der Waals surface area contributed by atoms with Crippen LogP contribution in [0.5, 0.6) is 0 Å². The number of nitrogens with one attached hydrogen (secondary N) is 2. The number of rotatable bonds is 5. The van der Waals surface area contributed by atoms with Gasteiger partial charge in [-0.1, -0.05) is 11.2 Å². The standard InChI is InChI=1S/C18H17N5O3/c24-17(12-10-11-4-3-6-13(11)21-18(12)25)20-9-7-15-22-16(23-26-15)14-5-1-2-8-19-14/h1-2,5,8,10H,3-4,6-7,9H2,(H,20,24)(H,21,25). The fraction of sp³-hybridized carbons (Fsp3) is 0.278. The molecule has 0 fully saturated rings. The van der Waals surface area contributed by atoms with E-state index in [2.05, 4.69) is 25.4 Å². The van der Waals surface area contributed by atoms with Gasteiger partial charge in [0.2, 0.25) is 11.7 Å². The third-order valence-corrected chi connectivity index (χ3v) is 4.32. The summed E-state index contributed by atoms with van der Waals surface area (Å²) in [5.41, 5.74) is 2.41. The highest BCUT2D eigenvalue weighted by atomic mass is 16.5. The van der Waals surface area contributed by atoms with Crippen LogP contribution in [0.3, 0.4) is 0 Å². The molecular formula is C18H17N5O3. The van der Waals surface area contributed by atoms with E-state index >= 15 is 0 Å². The summed E-state index contributed by atoms with van der Waals surface area (Å²) in [6.45, 7) is 0.291. The summed E-state index contributed by atoms with van der Waals surface area (Å²) in [4.78, 5) is 35.5. The van der Waals surface area contributed by atoms with E-state index in [1.165, 1.54) is 0 Å². The van der Waals surface area contributed by atoms with Crippen molar-refractivity contribution in [1.82, 2.24) is 25.4 Å². The molecule has 26 heavy (non-hydrogen) atoms. The molecule has 0 saturated heterocycles. The Hall–Kier alpha value is -3.29. The Bertz CT molecular complexity index is 994. The zero-order valence-corrected chi connectivity index (χ0v) is 14.0. The molecule has 0 spiro atoms. The minimum Gasteiger partial charge on any atom is -0.351 e. The van der Waals surface area contributed by atoms with Gasteiger partial charge in [0, 0.05) is 24.9 Å². The van der Waals surface area contributed by atoms with Gasteiger partial charge < -0.3 is 14.8 Å². The van der Waals surface area contributed by atoms with Gasteiger partial charge in [0.25, 0.3) is 11.5 Å². The molecule has 4 rings (SSSR count). The zero-order chi connectivity index (χ0) is 17.9. The molecule has 3 aromatic heterocycles. The molecule has 8 heteroatoms. The van der Waals surface area contributed by atoms with Crippen LogP contribution in [-0.2, 0) is 19.3 Å². The van der Waals surface area contributed by atoms with Crippen LogP contribution in [0, 0.1) is 0 Å². The van der Waals surface area contributed by atoms with Crippen LogP contribution in [0.25, 0.3) is 11.5 Å². The SMILES string of the molecule is O=C(NCCc1nc(-c2ccccn2)no1)c1cc2c([nH]c1=O)CCC2. The topological polar surface area (TPSA) is 114 Å². The molecule has 0 bridgehead atoms. The fourth-order valence-electron chi connectivity index (χ4n) is 3.02. The molecule has 3 aromatic rings. The Morgan fingerprint density at radius 1 is 1.31 bits per heavy atom. The number of aromatic amines is 1. The van der Waals surface area contributed by atoms with Gasteiger partial charge in [-0.3, -0.25) is 14.6 Å². The summed E-state index contributed by atoms with van der Waals surface area (Å²) in [6.07, 6.45) is 4.78. The highest BCUT2D eigenvalue weighted by Gasteiger charge is 2.18. The van der Waals surface area contributed by atoms with Crippen LogP contribution in [-0.4, -0.2) is 32.6 Å². The van der Waals surface area contributed by atoms with Gasteiger partial charge in [0.05, 0.1) is 0 Å². The Kier molecular flexibility index (Phi) is 4.30. The van der Waals surface area contributed by atoms with Crippen molar-refractivity contribution in [3.8, 4) is 11.5 Å². The summed E-state index contributed by atoms with van der Waals surface area (Å²) >= 11 is 0. The number of aryl methyl sites for hydroxylation is 2. The van der Waals surface area contributed by atoms with Crippen LogP contribution < -0.4 is 10.9 Å². The Morgan fingerprint density at radius 2 is 2.23 bits per heavy atom. The lowest BCUT2D eigenvalue weighted by molar-refractivity contribution is 0.0952. The number of H-pyrrole nitrogens is 1. The largest absolute Gasteiger partial charge is 0.351 e. The van der Waals surface area contributed by atoms with E-state index in [-0.39, 0.29) is 11.1 Å². The predicted octanol–water partition coefficient (Wildman–Crippen LogP) is 1.28. The van der Waals surface area contributed by atoms with Crippen molar-refractivity contribution in [3.05, 3.63) is 63.5 Å². The van der Waals surface area contributed by atoms with Crippen LogP contribution in [0.4, 0.5) is 0 Å². The molecule has 1 amide bonds. The number of amides is 1. The van der Waals surface area contributed by atoms with Crippen molar-refractivity contribution in [2.45, 2.75) is 25.7 Å². The molecule has 8 nitrogen and oxygen atoms in total. The normalized spacial score (nSPS) is 12.8. The van der Waals surface area contributed by atoms with E-state index in [0.717, 1.165) is 30.5 Å². The Labute approximate surface area is 148 Å². The van der Waals surface area contributed by atoms with E-state index in [9.17, 15) is 9.59 Å². The summed E-state index contributed by atoms with van der Waals surface area (Å²) < 4.78 is 5.17. The number of hydrogen-bond donors (Lipinski definition) is 2. The predicted molar refractivity (Wildman–Crippen MR) is 92.7 cm³/mol. The van der Waals surface area contributed by atoms with E-state index in [1.807, 2.05) is 6.07 Å². The first-order valence-corrected chi connectivity index (χ1v) is 8.48. The van der Waals surface area contributed by atoms with Crippen molar-refractivity contribution < 1.29 is 9.32 Å². The molecular weight excluding hydrogens is 334 g/mol. The second kappa shape index (κ2) is 6.91. The van der Waals surface area contributed by atoms with E-state index < -0.39 is 5.91 Å². The maximum Gasteiger partial charge on any atom is 0.261 e. The minimum absolute atomic E-state index is 0.144. The van der Waals surface area contributed by atoms with E-state index in [1.54, 1.807) is 24.4 Å². The van der Waals surface area contributed by atoms with Gasteiger partial charge in [-0.25, -0.2) is 0 Å². The highest BCUT2D eigenvalue weighted by Crippen LogP contribution is 2.18. The first kappa shape index (κ1) is 16.2. The number of carbonyl (C=O) groups is 1. The maximum atomic E-state index is 12.3. The van der Waals surface area contributed by atoms with Gasteiger partial charge in [-0.15, -0.1) is 0 Å². The van der Waals surface area contributed by atoms with Crippen molar-refractivity contribution in [3.63, 3.8) is 0 Å². The number of fused-ring (bicyclic) bond motifs is 1. The summed E-state index contributed by atoms with van der Waals surface area (Å²) in [7, 11) is 0. The lowest BCUT2D eigenvalue weighted by Crippen LogP contribution is -2.31. The Morgan fingerprint density at radius 3 is 3.08 bits per heavy atom. The van der Waals surface area contributed by atoms with Crippen LogP contribution in [0.2, 0.25) is 0 Å². The molecule has 2 N–H and O–H groups in total. The van der Waals surface area contributed by atoms with Gasteiger partial charge in [-0.05, 0) is 43.0 Å². The number of aromatic nitrogens is 4. The molecule has 0 atom stereocenters. The van der Waals surface area contributed by atoms with Crippen molar-refractivity contribution in [2.75, 3.05) is 6.54 Å². The van der Waals surface area contributed by atoms with Crippen molar-refractivity contribution in [2.24, 2.45) is 0 Å². The molecule has 0 aromatic carbocycles. The number of nitrogens with zero attached hydrogens (tertiary/aromatic N) is 3. The zero-order valence-electron chi connectivity index (χ0n) is 14.0. The van der Waals surface area contributed by atoms with Crippen molar-refractivity contribution >= 4 is 5.91 Å². The monoisotopic (exact) mass is 351 g/mol. The summed E-state index contributed by atoms with van der Waals surface area (Å²) in [5, 5.41) is 6.61. The fourth-order valence-corrected chi connectivity index (χ4v) is 3.02. The summed E-state index contributed by atoms with van der Waals surface area (Å²) in [6, 6.07) is 7.13. The summed E-state index contributed by atoms with van der Waals surface area (Å²) in [5.74, 6) is 0.404. The highest BCUT2D eigenvalue weighted by molar-refractivity contribution is 5.94. The number of pyridine rings is 2. The number of hydrogen-bond acceptors (Lipinski definition) is 6. The van der Waals surface area contributed by atoms with E-state index in [4.69, 9.17) is 4.52 Å². The van der Waals surface area contributed by atoms with Crippen LogP contribution >= 0.6 is 0 Å². The van der Waals surface area contributed by atoms with Crippen LogP contribution in [0.15, 0.2) is 39.8 Å². The second-order valence-corrected chi connectivity index (χ2v) is 6.10. The van der Waals surface area contributed by atoms with Gasteiger partial charge >= 0.3 is 0 Å². The quantitative estimate of drug-likeness (QED) is 0.716. The second-order valence-electron chi connectivity index (χ2n) is 6.10. The van der Waals surface area contributed by atoms with Crippen LogP contribution in [0.1, 0.15) is 33.9 Å². The van der Waals surface area contributed by atoms with Gasteiger partial charge in [-0.2, -0.15) is 4.98 Å². The third kappa shape index (κ3) is 3.26. The Balaban J connectivity index is 1.37. The van der Waals surface area contributed by atoms with Gasteiger partial charge in [0.15, 0.2) is 0 Å². The molecule has 1 aliphatic carbocycles. The first-order chi connectivity index (χ1) is 12.7. The van der Waals surface area contributed by atoms with E-state index in [0.29, 0.717) is 30.4 Å². The molecule has 3 heterocycles. The first-order valence-electron chi connectivity index (χ1n) is 8.48. The molecule has 0 radical (unpaired) electrons. The van der Waals surface area contributed by atoms with Crippen molar-refractivity contribution in [1.29, 1.82) is 0 Å². The maximum absolute atomic E-state index is 12.3. The molecule has 0 aliphatic heterocycles. The molecule has 0 unspecified atom stereocenters. The molecule has 1 aliphatic rings. The third-order valence-electron chi connectivity index (χ3n) is 4.32. The smallest absolute Gasteiger partial charge is 0.261 e. The van der Waals surface area contributed by atoms with Gasteiger partial charge in [0.1, 0.15) is 11.3 Å².